The molecule has 0 spiro atoms. The molecule has 1 heterocycles. The predicted molar refractivity (Wildman–Crippen MR) is 93.6 cm³/mol. The zero-order chi connectivity index (χ0) is 16.7. The van der Waals surface area contributed by atoms with Gasteiger partial charge in [-0.25, -0.2) is 0 Å². The van der Waals surface area contributed by atoms with Crippen LogP contribution in [0.2, 0.25) is 0 Å². The molecule has 4 nitrogen and oxygen atoms in total. The normalized spacial score (nSPS) is 12.3. The van der Waals surface area contributed by atoms with Crippen LogP contribution in [0.4, 0.5) is 0 Å². The van der Waals surface area contributed by atoms with Gasteiger partial charge in [0.15, 0.2) is 7.85 Å². The van der Waals surface area contributed by atoms with E-state index in [1.807, 2.05) is 63.3 Å². The highest BCUT2D eigenvalue weighted by Gasteiger charge is 2.16. The fourth-order valence-electron chi connectivity index (χ4n) is 2.28. The zero-order valence-corrected chi connectivity index (χ0v) is 13.3. The quantitative estimate of drug-likeness (QED) is 0.517. The minimum absolute atomic E-state index is 0.0532. The number of amides is 1. The molecule has 0 unspecified atom stereocenters. The second-order valence-corrected chi connectivity index (χ2v) is 5.22. The van der Waals surface area contributed by atoms with Crippen molar-refractivity contribution >= 4 is 25.4 Å². The highest BCUT2D eigenvalue weighted by Crippen LogP contribution is 2.16. The van der Waals surface area contributed by atoms with Crippen molar-refractivity contribution in [3.8, 4) is 6.07 Å². The van der Waals surface area contributed by atoms with Crippen LogP contribution in [0.25, 0.3) is 6.08 Å². The Labute approximate surface area is 137 Å². The lowest BCUT2D eigenvalue weighted by molar-refractivity contribution is -0.117. The van der Waals surface area contributed by atoms with Gasteiger partial charge in [-0.15, -0.1) is 0 Å². The molecule has 0 aliphatic carbocycles. The second-order valence-electron chi connectivity index (χ2n) is 5.22. The Kier molecular flexibility index (Phi) is 5.70. The minimum atomic E-state index is -0.383. The lowest BCUT2D eigenvalue weighted by Crippen LogP contribution is -2.29. The summed E-state index contributed by atoms with van der Waals surface area (Å²) in [5.41, 5.74) is 2.52. The Morgan fingerprint density at radius 1 is 1.30 bits per heavy atom. The molecule has 23 heavy (non-hydrogen) atoms. The van der Waals surface area contributed by atoms with Crippen molar-refractivity contribution in [2.75, 3.05) is 0 Å². The van der Waals surface area contributed by atoms with Gasteiger partial charge in [-0.1, -0.05) is 49.4 Å². The van der Waals surface area contributed by atoms with Crippen LogP contribution >= 0.6 is 0 Å². The standard InChI is InChI=1S/C18H18BN3O/c1-2-16(13-7-4-3-5-8-13)22-18(23)14(12-20)11-15-9-6-10-17(19)21-15/h3-11,16H,2,19H2,1H3,(H,22,23)/b14-11+/t16-/m0/s1. The van der Waals surface area contributed by atoms with Gasteiger partial charge in [0, 0.05) is 0 Å². The first-order valence-electron chi connectivity index (χ1n) is 7.55. The summed E-state index contributed by atoms with van der Waals surface area (Å²) in [6.07, 6.45) is 2.26. The van der Waals surface area contributed by atoms with Crippen molar-refractivity contribution in [1.82, 2.24) is 10.3 Å². The third-order valence-corrected chi connectivity index (χ3v) is 3.48. The van der Waals surface area contributed by atoms with E-state index in [9.17, 15) is 10.1 Å². The summed E-state index contributed by atoms with van der Waals surface area (Å²) in [4.78, 5) is 16.7. The van der Waals surface area contributed by atoms with Crippen molar-refractivity contribution < 1.29 is 4.79 Å². The molecule has 1 N–H and O–H groups in total. The minimum Gasteiger partial charge on any atom is -0.345 e. The Balaban J connectivity index is 2.18. The van der Waals surface area contributed by atoms with Gasteiger partial charge >= 0.3 is 0 Å². The van der Waals surface area contributed by atoms with Gasteiger partial charge in [-0.2, -0.15) is 5.26 Å². The van der Waals surface area contributed by atoms with Crippen molar-refractivity contribution in [1.29, 1.82) is 5.26 Å². The molecule has 2 aromatic rings. The van der Waals surface area contributed by atoms with Crippen LogP contribution < -0.4 is 10.9 Å². The van der Waals surface area contributed by atoms with E-state index in [2.05, 4.69) is 10.3 Å². The Bertz CT molecular complexity index is 750. The number of nitriles is 1. The summed E-state index contributed by atoms with van der Waals surface area (Å²) in [5.74, 6) is -0.383. The van der Waals surface area contributed by atoms with Gasteiger partial charge < -0.3 is 5.32 Å². The SMILES string of the molecule is Bc1cccc(/C=C(\C#N)C(=O)N[C@@H](CC)c2ccccc2)n1. The summed E-state index contributed by atoms with van der Waals surface area (Å²) in [7, 11) is 1.87. The van der Waals surface area contributed by atoms with Crippen molar-refractivity contribution in [2.45, 2.75) is 19.4 Å². The lowest BCUT2D eigenvalue weighted by Gasteiger charge is -2.17. The largest absolute Gasteiger partial charge is 0.345 e. The highest BCUT2D eigenvalue weighted by atomic mass is 16.1. The molecule has 2 rings (SSSR count). The molecule has 114 valence electrons. The van der Waals surface area contributed by atoms with Crippen molar-refractivity contribution in [3.05, 3.63) is 65.4 Å². The summed E-state index contributed by atoms with van der Waals surface area (Å²) in [6, 6.07) is 17.1. The average molecular weight is 303 g/mol. The molecule has 1 amide bonds. The molecule has 1 aromatic carbocycles. The maximum atomic E-state index is 12.4. The van der Waals surface area contributed by atoms with Gasteiger partial charge in [0.25, 0.3) is 5.91 Å². The van der Waals surface area contributed by atoms with E-state index in [0.717, 1.165) is 17.6 Å². The van der Waals surface area contributed by atoms with E-state index in [0.29, 0.717) is 5.69 Å². The van der Waals surface area contributed by atoms with Crippen LogP contribution in [0.15, 0.2) is 54.1 Å². The number of nitrogens with zero attached hydrogens (tertiary/aromatic N) is 2. The molecule has 0 aliphatic rings. The first-order chi connectivity index (χ1) is 11.1. The number of pyridine rings is 1. The molecule has 1 atom stereocenters. The number of hydrogen-bond donors (Lipinski definition) is 1. The van der Waals surface area contributed by atoms with E-state index in [4.69, 9.17) is 0 Å². The average Bonchev–Trinajstić information content (AvgIpc) is 2.58. The number of rotatable bonds is 5. The summed E-state index contributed by atoms with van der Waals surface area (Å²) >= 11 is 0. The third-order valence-electron chi connectivity index (χ3n) is 3.48. The van der Waals surface area contributed by atoms with E-state index in [-0.39, 0.29) is 17.5 Å². The second kappa shape index (κ2) is 7.95. The van der Waals surface area contributed by atoms with Crippen molar-refractivity contribution in [3.63, 3.8) is 0 Å². The monoisotopic (exact) mass is 303 g/mol. The molecular formula is C18H18BN3O. The van der Waals surface area contributed by atoms with Crippen LogP contribution in [0.5, 0.6) is 0 Å². The molecule has 0 aliphatic heterocycles. The number of nitrogens with one attached hydrogen (secondary N) is 1. The first kappa shape index (κ1) is 16.5. The van der Waals surface area contributed by atoms with Crippen LogP contribution in [-0.2, 0) is 4.79 Å². The summed E-state index contributed by atoms with van der Waals surface area (Å²) in [6.45, 7) is 2.00. The lowest BCUT2D eigenvalue weighted by atomic mass is 10.0. The Morgan fingerprint density at radius 2 is 2.04 bits per heavy atom. The third kappa shape index (κ3) is 4.55. The molecule has 0 bridgehead atoms. The van der Waals surface area contributed by atoms with Crippen LogP contribution in [-0.4, -0.2) is 18.7 Å². The van der Waals surface area contributed by atoms with E-state index >= 15 is 0 Å². The topological polar surface area (TPSA) is 65.8 Å². The van der Waals surface area contributed by atoms with Crippen LogP contribution in [0.1, 0.15) is 30.6 Å². The van der Waals surface area contributed by atoms with Crippen molar-refractivity contribution in [2.24, 2.45) is 0 Å². The molecule has 0 fully saturated rings. The molecular weight excluding hydrogens is 285 g/mol. The number of benzene rings is 1. The van der Waals surface area contributed by atoms with Gasteiger partial charge in [-0.05, 0) is 29.7 Å². The van der Waals surface area contributed by atoms with Crippen LogP contribution in [0, 0.1) is 11.3 Å². The Morgan fingerprint density at radius 3 is 2.65 bits per heavy atom. The van der Waals surface area contributed by atoms with Gasteiger partial charge in [0.1, 0.15) is 11.6 Å². The number of hydrogen-bond acceptors (Lipinski definition) is 3. The van der Waals surface area contributed by atoms with Crippen LogP contribution in [0.3, 0.4) is 0 Å². The fourth-order valence-corrected chi connectivity index (χ4v) is 2.28. The van der Waals surface area contributed by atoms with Gasteiger partial charge in [0.05, 0.1) is 11.7 Å². The maximum Gasteiger partial charge on any atom is 0.262 e. The predicted octanol–water partition coefficient (Wildman–Crippen LogP) is 1.51. The maximum absolute atomic E-state index is 12.4. The van der Waals surface area contributed by atoms with Gasteiger partial charge in [0.2, 0.25) is 0 Å². The fraction of sp³-hybridized carbons (Fsp3) is 0.167. The Hall–Kier alpha value is -2.87. The number of aromatic nitrogens is 1. The smallest absolute Gasteiger partial charge is 0.262 e. The zero-order valence-electron chi connectivity index (χ0n) is 13.3. The summed E-state index contributed by atoms with van der Waals surface area (Å²) in [5, 5.41) is 12.2. The van der Waals surface area contributed by atoms with Gasteiger partial charge in [-0.3, -0.25) is 9.78 Å². The summed E-state index contributed by atoms with van der Waals surface area (Å²) < 4.78 is 0. The first-order valence-corrected chi connectivity index (χ1v) is 7.55. The molecule has 0 saturated carbocycles. The highest BCUT2D eigenvalue weighted by molar-refractivity contribution is 6.30. The number of carbonyl (C=O) groups is 1. The number of carbonyl (C=O) groups excluding carboxylic acids is 1. The molecule has 1 aromatic heterocycles. The molecule has 0 radical (unpaired) electrons. The molecule has 5 heteroatoms. The van der Waals surface area contributed by atoms with E-state index < -0.39 is 0 Å². The van der Waals surface area contributed by atoms with E-state index in [1.54, 1.807) is 6.07 Å². The molecule has 0 saturated heterocycles. The van der Waals surface area contributed by atoms with E-state index in [1.165, 1.54) is 6.08 Å².